The first-order chi connectivity index (χ1) is 15.8. The maximum Gasteiger partial charge on any atom is 0.251 e. The molecule has 0 radical (unpaired) electrons. The van der Waals surface area contributed by atoms with Gasteiger partial charge >= 0.3 is 0 Å². The van der Waals surface area contributed by atoms with Crippen molar-refractivity contribution >= 4 is 21.6 Å². The summed E-state index contributed by atoms with van der Waals surface area (Å²) in [6.07, 6.45) is 1.21. The largest absolute Gasteiger partial charge is 0.346 e. The number of rotatable bonds is 7. The van der Waals surface area contributed by atoms with E-state index in [0.717, 1.165) is 27.8 Å². The highest BCUT2D eigenvalue weighted by Crippen LogP contribution is 2.25. The van der Waals surface area contributed by atoms with Crippen LogP contribution >= 0.6 is 0 Å². The number of anilines is 1. The number of amides is 1. The van der Waals surface area contributed by atoms with Crippen LogP contribution in [0.4, 0.5) is 5.69 Å². The number of hydrogen-bond acceptors (Lipinski definition) is 3. The van der Waals surface area contributed by atoms with Crippen molar-refractivity contribution in [2.24, 2.45) is 0 Å². The first-order valence-electron chi connectivity index (χ1n) is 11.4. The molecule has 0 saturated heterocycles. The van der Waals surface area contributed by atoms with Gasteiger partial charge in [-0.25, -0.2) is 8.42 Å². The molecule has 34 heavy (non-hydrogen) atoms. The van der Waals surface area contributed by atoms with Crippen LogP contribution in [0.5, 0.6) is 0 Å². The summed E-state index contributed by atoms with van der Waals surface area (Å²) < 4.78 is 26.4. The van der Waals surface area contributed by atoms with Crippen LogP contribution in [0.25, 0.3) is 0 Å². The minimum atomic E-state index is -3.48. The molecule has 1 amide bonds. The molecule has 1 atom stereocenters. The summed E-state index contributed by atoms with van der Waals surface area (Å²) in [5.41, 5.74) is 8.68. The summed E-state index contributed by atoms with van der Waals surface area (Å²) >= 11 is 0. The maximum atomic E-state index is 12.9. The molecule has 3 aromatic rings. The van der Waals surface area contributed by atoms with Crippen LogP contribution in [-0.2, 0) is 16.6 Å². The number of hydrogen-bond donors (Lipinski definition) is 1. The van der Waals surface area contributed by atoms with Gasteiger partial charge in [0.1, 0.15) is 0 Å². The number of benzene rings is 3. The van der Waals surface area contributed by atoms with Crippen molar-refractivity contribution in [2.75, 3.05) is 10.6 Å². The summed E-state index contributed by atoms with van der Waals surface area (Å²) in [4.78, 5) is 12.9. The van der Waals surface area contributed by atoms with E-state index < -0.39 is 10.0 Å². The third-order valence-electron chi connectivity index (χ3n) is 6.13. The van der Waals surface area contributed by atoms with Crippen molar-refractivity contribution in [2.45, 2.75) is 54.1 Å². The van der Waals surface area contributed by atoms with Crippen LogP contribution in [0.15, 0.2) is 54.6 Å². The van der Waals surface area contributed by atoms with Gasteiger partial charge in [0.15, 0.2) is 0 Å². The fraction of sp³-hybridized carbons (Fsp3) is 0.321. The van der Waals surface area contributed by atoms with Gasteiger partial charge in [0.2, 0.25) is 10.0 Å². The molecule has 0 heterocycles. The Morgan fingerprint density at radius 1 is 0.853 bits per heavy atom. The van der Waals surface area contributed by atoms with Crippen LogP contribution in [0.3, 0.4) is 0 Å². The quantitative estimate of drug-likeness (QED) is 0.475. The Kier molecular flexibility index (Phi) is 7.51. The van der Waals surface area contributed by atoms with Crippen molar-refractivity contribution in [1.82, 2.24) is 5.32 Å². The Morgan fingerprint density at radius 3 is 1.97 bits per heavy atom. The second-order valence-corrected chi connectivity index (χ2v) is 11.2. The molecule has 0 saturated carbocycles. The zero-order chi connectivity index (χ0) is 25.2. The van der Waals surface area contributed by atoms with E-state index >= 15 is 0 Å². The van der Waals surface area contributed by atoms with Crippen LogP contribution in [0, 0.1) is 34.6 Å². The summed E-state index contributed by atoms with van der Waals surface area (Å²) in [5, 5.41) is 3.08. The monoisotopic (exact) mass is 478 g/mol. The molecule has 0 aliphatic heterocycles. The number of aryl methyl sites for hydroxylation is 5. The highest BCUT2D eigenvalue weighted by atomic mass is 32.2. The molecule has 0 aliphatic carbocycles. The van der Waals surface area contributed by atoms with Gasteiger partial charge in [0.05, 0.1) is 24.5 Å². The van der Waals surface area contributed by atoms with Crippen LogP contribution < -0.4 is 9.62 Å². The molecule has 0 fully saturated rings. The van der Waals surface area contributed by atoms with Gasteiger partial charge in [-0.15, -0.1) is 0 Å². The summed E-state index contributed by atoms with van der Waals surface area (Å²) in [5.74, 6) is -0.161. The normalized spacial score (nSPS) is 12.3. The third-order valence-corrected chi connectivity index (χ3v) is 7.27. The highest BCUT2D eigenvalue weighted by molar-refractivity contribution is 7.92. The lowest BCUT2D eigenvalue weighted by Gasteiger charge is -2.23. The van der Waals surface area contributed by atoms with Crippen molar-refractivity contribution in [3.05, 3.63) is 99.1 Å². The lowest BCUT2D eigenvalue weighted by molar-refractivity contribution is 0.0939. The number of nitrogens with one attached hydrogen (secondary N) is 1. The predicted octanol–water partition coefficient (Wildman–Crippen LogP) is 5.69. The van der Waals surface area contributed by atoms with E-state index in [-0.39, 0.29) is 18.5 Å². The Hall–Kier alpha value is -3.12. The molecule has 0 aromatic heterocycles. The minimum Gasteiger partial charge on any atom is -0.346 e. The SMILES string of the molecule is Cc1cc(C)cc(N(Cc2ccc(C(=O)NC(C)c3cc(C)c(C)cc3C)cc2)S(C)(=O)=O)c1. The van der Waals surface area contributed by atoms with E-state index in [9.17, 15) is 13.2 Å². The van der Waals surface area contributed by atoms with Gasteiger partial charge in [-0.1, -0.05) is 30.3 Å². The fourth-order valence-electron chi connectivity index (χ4n) is 4.23. The van der Waals surface area contributed by atoms with Crippen LogP contribution in [0.2, 0.25) is 0 Å². The molecular weight excluding hydrogens is 444 g/mol. The van der Waals surface area contributed by atoms with E-state index in [1.807, 2.05) is 51.1 Å². The predicted molar refractivity (Wildman–Crippen MR) is 140 cm³/mol. The summed E-state index contributed by atoms with van der Waals surface area (Å²) in [7, 11) is -3.48. The van der Waals surface area contributed by atoms with Gasteiger partial charge in [0.25, 0.3) is 5.91 Å². The molecule has 180 valence electrons. The molecular formula is C28H34N2O3S. The Balaban J connectivity index is 1.77. The second kappa shape index (κ2) is 10.0. The molecule has 1 unspecified atom stereocenters. The standard InChI is InChI=1S/C28H34N2O3S/c1-18-12-19(2)14-26(13-18)30(34(7,32)33)17-24-8-10-25(11-9-24)28(31)29-23(6)27-16-21(4)20(3)15-22(27)5/h8-16,23H,17H2,1-7H3,(H,29,31). The average Bonchev–Trinajstić information content (AvgIpc) is 2.73. The molecule has 3 rings (SSSR count). The van der Waals surface area contributed by atoms with Gasteiger partial charge in [-0.2, -0.15) is 0 Å². The van der Waals surface area contributed by atoms with E-state index in [2.05, 4.69) is 38.2 Å². The maximum absolute atomic E-state index is 12.9. The molecule has 6 heteroatoms. The van der Waals surface area contributed by atoms with Crippen molar-refractivity contribution in [1.29, 1.82) is 0 Å². The second-order valence-electron chi connectivity index (χ2n) is 9.30. The van der Waals surface area contributed by atoms with E-state index in [1.165, 1.54) is 21.7 Å². The van der Waals surface area contributed by atoms with Gasteiger partial charge in [-0.05, 0) is 105 Å². The summed E-state index contributed by atoms with van der Waals surface area (Å²) in [6.45, 7) is 12.3. The number of sulfonamides is 1. The van der Waals surface area contributed by atoms with Gasteiger partial charge in [0, 0.05) is 5.56 Å². The zero-order valence-corrected chi connectivity index (χ0v) is 21.9. The first kappa shape index (κ1) is 25.5. The van der Waals surface area contributed by atoms with E-state index in [1.54, 1.807) is 12.1 Å². The molecule has 3 aromatic carbocycles. The molecule has 0 bridgehead atoms. The highest BCUT2D eigenvalue weighted by Gasteiger charge is 2.19. The van der Waals surface area contributed by atoms with Gasteiger partial charge < -0.3 is 5.32 Å². The van der Waals surface area contributed by atoms with Crippen LogP contribution in [-0.4, -0.2) is 20.6 Å². The number of carbonyl (C=O) groups excluding carboxylic acids is 1. The number of nitrogens with zero attached hydrogens (tertiary/aromatic N) is 1. The minimum absolute atomic E-state index is 0.128. The fourth-order valence-corrected chi connectivity index (χ4v) is 5.10. The third kappa shape index (κ3) is 6.06. The molecule has 0 spiro atoms. The van der Waals surface area contributed by atoms with Crippen molar-refractivity contribution in [3.8, 4) is 0 Å². The molecule has 1 N–H and O–H groups in total. The Morgan fingerprint density at radius 2 is 1.41 bits per heavy atom. The topological polar surface area (TPSA) is 66.5 Å². The van der Waals surface area contributed by atoms with Crippen molar-refractivity contribution < 1.29 is 13.2 Å². The summed E-state index contributed by atoms with van der Waals surface area (Å²) in [6, 6.07) is 17.0. The van der Waals surface area contributed by atoms with Crippen molar-refractivity contribution in [3.63, 3.8) is 0 Å². The van der Waals surface area contributed by atoms with E-state index in [4.69, 9.17) is 0 Å². The molecule has 0 aliphatic rings. The Bertz CT molecular complexity index is 1290. The van der Waals surface area contributed by atoms with E-state index in [0.29, 0.717) is 11.3 Å². The number of carbonyl (C=O) groups is 1. The van der Waals surface area contributed by atoms with Crippen LogP contribution in [0.1, 0.15) is 62.3 Å². The lowest BCUT2D eigenvalue weighted by Crippen LogP contribution is -2.29. The van der Waals surface area contributed by atoms with Gasteiger partial charge in [-0.3, -0.25) is 9.10 Å². The lowest BCUT2D eigenvalue weighted by atomic mass is 9.96. The Labute approximate surface area is 203 Å². The first-order valence-corrected chi connectivity index (χ1v) is 13.2. The molecule has 5 nitrogen and oxygen atoms in total. The smallest absolute Gasteiger partial charge is 0.251 e. The average molecular weight is 479 g/mol. The zero-order valence-electron chi connectivity index (χ0n) is 21.1.